The summed E-state index contributed by atoms with van der Waals surface area (Å²) in [6, 6.07) is 13.5. The Balaban J connectivity index is 2.28. The minimum absolute atomic E-state index is 0.527. The van der Waals surface area contributed by atoms with Gasteiger partial charge in [0, 0.05) is 5.56 Å². The van der Waals surface area contributed by atoms with Crippen LogP contribution in [0.1, 0.15) is 15.9 Å². The van der Waals surface area contributed by atoms with E-state index < -0.39 is 0 Å². The number of rotatable bonds is 2. The zero-order valence-corrected chi connectivity index (χ0v) is 9.88. The molecule has 0 unspecified atom stereocenters. The molecule has 0 spiro atoms. The van der Waals surface area contributed by atoms with E-state index in [1.165, 1.54) is 0 Å². The first kappa shape index (κ1) is 10.7. The summed E-state index contributed by atoms with van der Waals surface area (Å²) in [5.41, 5.74) is 4.01. The van der Waals surface area contributed by atoms with Crippen molar-refractivity contribution >= 4 is 17.3 Å². The van der Waals surface area contributed by atoms with Crippen LogP contribution in [0.15, 0.2) is 47.0 Å². The standard InChI is InChI=1S/C15H11NO2/c1-10-4-2-5-11(8-10)14-13-7-3-6-12(9-17)15(13)18-16-14/h2-9H,1H3. The highest BCUT2D eigenvalue weighted by molar-refractivity contribution is 6.00. The zero-order chi connectivity index (χ0) is 12.5. The number of benzene rings is 2. The molecule has 1 heterocycles. The second-order valence-electron chi connectivity index (χ2n) is 4.24. The minimum atomic E-state index is 0.527. The van der Waals surface area contributed by atoms with Gasteiger partial charge >= 0.3 is 0 Å². The van der Waals surface area contributed by atoms with E-state index >= 15 is 0 Å². The highest BCUT2D eigenvalue weighted by atomic mass is 16.5. The van der Waals surface area contributed by atoms with Crippen molar-refractivity contribution in [2.45, 2.75) is 6.92 Å². The lowest BCUT2D eigenvalue weighted by molar-refractivity contribution is 0.112. The summed E-state index contributed by atoms with van der Waals surface area (Å²) < 4.78 is 5.28. The summed E-state index contributed by atoms with van der Waals surface area (Å²) in [6.45, 7) is 2.03. The smallest absolute Gasteiger partial charge is 0.177 e. The molecule has 0 amide bonds. The van der Waals surface area contributed by atoms with Crippen molar-refractivity contribution in [1.82, 2.24) is 5.16 Å². The summed E-state index contributed by atoms with van der Waals surface area (Å²) in [5.74, 6) is 0. The van der Waals surface area contributed by atoms with Crippen LogP contribution in [0.25, 0.3) is 22.2 Å². The van der Waals surface area contributed by atoms with E-state index in [2.05, 4.69) is 5.16 Å². The van der Waals surface area contributed by atoms with Crippen LogP contribution in [0.4, 0.5) is 0 Å². The fourth-order valence-corrected chi connectivity index (χ4v) is 2.08. The van der Waals surface area contributed by atoms with Gasteiger partial charge in [-0.2, -0.15) is 0 Å². The lowest BCUT2D eigenvalue weighted by Crippen LogP contribution is -1.81. The minimum Gasteiger partial charge on any atom is -0.355 e. The van der Waals surface area contributed by atoms with Crippen molar-refractivity contribution in [3.63, 3.8) is 0 Å². The van der Waals surface area contributed by atoms with Crippen molar-refractivity contribution in [3.05, 3.63) is 53.6 Å². The Morgan fingerprint density at radius 1 is 1.17 bits per heavy atom. The van der Waals surface area contributed by atoms with Gasteiger partial charge in [0.1, 0.15) is 5.69 Å². The van der Waals surface area contributed by atoms with E-state index in [9.17, 15) is 4.79 Å². The summed E-state index contributed by atoms with van der Waals surface area (Å²) >= 11 is 0. The average molecular weight is 237 g/mol. The molecule has 0 atom stereocenters. The first-order valence-corrected chi connectivity index (χ1v) is 5.70. The lowest BCUT2D eigenvalue weighted by Gasteiger charge is -1.98. The number of aromatic nitrogens is 1. The Morgan fingerprint density at radius 3 is 2.78 bits per heavy atom. The Labute approximate surface area is 104 Å². The average Bonchev–Trinajstić information content (AvgIpc) is 2.82. The van der Waals surface area contributed by atoms with Gasteiger partial charge in [-0.05, 0) is 25.1 Å². The van der Waals surface area contributed by atoms with E-state index in [-0.39, 0.29) is 0 Å². The second kappa shape index (κ2) is 4.11. The molecule has 0 N–H and O–H groups in total. The van der Waals surface area contributed by atoms with Crippen LogP contribution in [0.3, 0.4) is 0 Å². The van der Waals surface area contributed by atoms with Crippen LogP contribution in [0.2, 0.25) is 0 Å². The van der Waals surface area contributed by atoms with Crippen LogP contribution in [0, 0.1) is 6.92 Å². The SMILES string of the molecule is Cc1cccc(-c2noc3c(C=O)cccc23)c1. The molecule has 0 fully saturated rings. The lowest BCUT2D eigenvalue weighted by atomic mass is 10.0. The third-order valence-corrected chi connectivity index (χ3v) is 2.95. The molecule has 18 heavy (non-hydrogen) atoms. The predicted molar refractivity (Wildman–Crippen MR) is 69.6 cm³/mol. The summed E-state index contributed by atoms with van der Waals surface area (Å²) in [4.78, 5) is 10.9. The highest BCUT2D eigenvalue weighted by Gasteiger charge is 2.12. The molecule has 1 aromatic heterocycles. The Hall–Kier alpha value is -2.42. The Morgan fingerprint density at radius 2 is 2.00 bits per heavy atom. The van der Waals surface area contributed by atoms with Gasteiger partial charge in [-0.25, -0.2) is 0 Å². The zero-order valence-electron chi connectivity index (χ0n) is 9.88. The molecule has 0 aliphatic carbocycles. The number of hydrogen-bond acceptors (Lipinski definition) is 3. The van der Waals surface area contributed by atoms with Gasteiger partial charge in [0.15, 0.2) is 11.9 Å². The monoisotopic (exact) mass is 237 g/mol. The normalized spacial score (nSPS) is 10.7. The van der Waals surface area contributed by atoms with Crippen molar-refractivity contribution < 1.29 is 9.32 Å². The highest BCUT2D eigenvalue weighted by Crippen LogP contribution is 2.29. The third-order valence-electron chi connectivity index (χ3n) is 2.95. The molecule has 0 radical (unpaired) electrons. The number of aryl methyl sites for hydroxylation is 1. The molecule has 3 heteroatoms. The van der Waals surface area contributed by atoms with E-state index in [1.807, 2.05) is 43.3 Å². The maximum atomic E-state index is 10.9. The molecule has 0 saturated carbocycles. The van der Waals surface area contributed by atoms with Crippen LogP contribution in [-0.4, -0.2) is 11.4 Å². The topological polar surface area (TPSA) is 43.1 Å². The quantitative estimate of drug-likeness (QED) is 0.639. The molecule has 0 saturated heterocycles. The van der Waals surface area contributed by atoms with Gasteiger partial charge in [-0.15, -0.1) is 0 Å². The molecule has 0 bridgehead atoms. The van der Waals surface area contributed by atoms with Crippen LogP contribution >= 0.6 is 0 Å². The van der Waals surface area contributed by atoms with E-state index in [1.54, 1.807) is 6.07 Å². The van der Waals surface area contributed by atoms with E-state index in [4.69, 9.17) is 4.52 Å². The number of para-hydroxylation sites is 1. The van der Waals surface area contributed by atoms with Crippen molar-refractivity contribution in [1.29, 1.82) is 0 Å². The molecule has 0 aliphatic heterocycles. The predicted octanol–water partition coefficient (Wildman–Crippen LogP) is 3.62. The number of nitrogens with zero attached hydrogens (tertiary/aromatic N) is 1. The van der Waals surface area contributed by atoms with Crippen molar-refractivity contribution in [3.8, 4) is 11.3 Å². The number of hydrogen-bond donors (Lipinski definition) is 0. The largest absolute Gasteiger partial charge is 0.355 e. The van der Waals surface area contributed by atoms with Crippen LogP contribution < -0.4 is 0 Å². The van der Waals surface area contributed by atoms with Gasteiger partial charge in [-0.3, -0.25) is 4.79 Å². The third kappa shape index (κ3) is 1.61. The molecule has 3 nitrogen and oxygen atoms in total. The van der Waals surface area contributed by atoms with Gasteiger partial charge in [0.05, 0.1) is 10.9 Å². The number of aldehydes is 1. The Bertz CT molecular complexity index is 728. The molecule has 3 aromatic rings. The maximum Gasteiger partial charge on any atom is 0.177 e. The van der Waals surface area contributed by atoms with E-state index in [0.29, 0.717) is 11.1 Å². The first-order valence-electron chi connectivity index (χ1n) is 5.70. The fourth-order valence-electron chi connectivity index (χ4n) is 2.08. The molecule has 88 valence electrons. The van der Waals surface area contributed by atoms with Crippen molar-refractivity contribution in [2.24, 2.45) is 0 Å². The summed E-state index contributed by atoms with van der Waals surface area (Å²) in [7, 11) is 0. The molecule has 3 rings (SSSR count). The van der Waals surface area contributed by atoms with E-state index in [0.717, 1.165) is 28.5 Å². The molecule has 0 aliphatic rings. The van der Waals surface area contributed by atoms with Gasteiger partial charge in [-0.1, -0.05) is 35.0 Å². The van der Waals surface area contributed by atoms with Crippen LogP contribution in [-0.2, 0) is 0 Å². The number of carbonyl (C=O) groups excluding carboxylic acids is 1. The fraction of sp³-hybridized carbons (Fsp3) is 0.0667. The second-order valence-corrected chi connectivity index (χ2v) is 4.24. The van der Waals surface area contributed by atoms with Crippen molar-refractivity contribution in [2.75, 3.05) is 0 Å². The van der Waals surface area contributed by atoms with Gasteiger partial charge in [0.2, 0.25) is 0 Å². The molecular weight excluding hydrogens is 226 g/mol. The summed E-state index contributed by atoms with van der Waals surface area (Å²) in [5, 5.41) is 4.95. The van der Waals surface area contributed by atoms with Gasteiger partial charge < -0.3 is 4.52 Å². The molecule has 2 aromatic carbocycles. The Kier molecular flexibility index (Phi) is 2.45. The first-order chi connectivity index (χ1) is 8.79. The van der Waals surface area contributed by atoms with Crippen LogP contribution in [0.5, 0.6) is 0 Å². The maximum absolute atomic E-state index is 10.9. The molecular formula is C15H11NO2. The summed E-state index contributed by atoms with van der Waals surface area (Å²) in [6.07, 6.45) is 0.785. The van der Waals surface area contributed by atoms with Gasteiger partial charge in [0.25, 0.3) is 0 Å². The number of carbonyl (C=O) groups is 1. The number of fused-ring (bicyclic) bond motifs is 1.